The van der Waals surface area contributed by atoms with Gasteiger partial charge in [0.2, 0.25) is 0 Å². The van der Waals surface area contributed by atoms with Gasteiger partial charge in [-0.15, -0.1) is 0 Å². The molecule has 1 heterocycles. The maximum atomic E-state index is 13.9. The van der Waals surface area contributed by atoms with Gasteiger partial charge in [-0.05, 0) is 83.7 Å². The number of aryl methyl sites for hydroxylation is 3. The number of hydrazine groups is 1. The number of hydrogen-bond acceptors (Lipinski definition) is 4. The zero-order valence-electron chi connectivity index (χ0n) is 20.9. The molecule has 178 valence electrons. The Bertz CT molecular complexity index is 956. The van der Waals surface area contributed by atoms with Crippen molar-refractivity contribution in [3.8, 4) is 0 Å². The maximum absolute atomic E-state index is 13.9. The van der Waals surface area contributed by atoms with Crippen molar-refractivity contribution in [3.63, 3.8) is 0 Å². The molecule has 0 spiro atoms. The molecule has 0 radical (unpaired) electrons. The zero-order valence-corrected chi connectivity index (χ0v) is 21.7. The summed E-state index contributed by atoms with van der Waals surface area (Å²) in [6, 6.07) is 13.6. The lowest BCUT2D eigenvalue weighted by molar-refractivity contribution is -0.00171. The molecule has 5 nitrogen and oxygen atoms in total. The van der Waals surface area contributed by atoms with Gasteiger partial charge in [0.25, 0.3) is 11.8 Å². The smallest absolute Gasteiger partial charge is 0.267 e. The fourth-order valence-corrected chi connectivity index (χ4v) is 5.31. The van der Waals surface area contributed by atoms with Crippen LogP contribution < -0.4 is 0 Å². The summed E-state index contributed by atoms with van der Waals surface area (Å²) in [6.07, 6.45) is 4.32. The summed E-state index contributed by atoms with van der Waals surface area (Å²) in [5, 5.41) is 1.64. The Hall–Kier alpha value is -2.31. The molecule has 1 saturated heterocycles. The topological polar surface area (TPSA) is 43.9 Å². The van der Waals surface area contributed by atoms with E-state index in [0.29, 0.717) is 11.1 Å². The number of piperidine rings is 1. The lowest BCUT2D eigenvalue weighted by Crippen LogP contribution is -2.56. The van der Waals surface area contributed by atoms with Crippen molar-refractivity contribution in [2.24, 2.45) is 0 Å². The Morgan fingerprint density at radius 1 is 0.879 bits per heavy atom. The van der Waals surface area contributed by atoms with E-state index in [2.05, 4.69) is 17.3 Å². The van der Waals surface area contributed by atoms with Gasteiger partial charge in [-0.1, -0.05) is 42.7 Å². The van der Waals surface area contributed by atoms with E-state index in [-0.39, 0.29) is 11.8 Å². The minimum atomic E-state index is -0.601. The third-order valence-electron chi connectivity index (χ3n) is 5.77. The van der Waals surface area contributed by atoms with Crippen LogP contribution in [-0.4, -0.2) is 44.2 Å². The van der Waals surface area contributed by atoms with E-state index in [1.54, 1.807) is 9.42 Å². The monoisotopic (exact) mass is 467 g/mol. The molecule has 0 aliphatic carbocycles. The summed E-state index contributed by atoms with van der Waals surface area (Å²) in [4.78, 5) is 27.8. The van der Waals surface area contributed by atoms with Crippen LogP contribution in [0.1, 0.15) is 84.4 Å². The summed E-state index contributed by atoms with van der Waals surface area (Å²) in [7, 11) is 0. The zero-order chi connectivity index (χ0) is 24.2. The van der Waals surface area contributed by atoms with Gasteiger partial charge in [-0.2, -0.15) is 4.41 Å². The second kappa shape index (κ2) is 10.7. The fraction of sp³-hybridized carbons (Fsp3) is 0.481. The number of rotatable bonds is 5. The SMILES string of the molecule is CCc1ccc(C(=O)N(SN2CCCCC2)N(C(=O)c2cc(C)cc(C)c2)C(C)(C)C)cc1. The van der Waals surface area contributed by atoms with E-state index in [0.717, 1.165) is 43.5 Å². The molecule has 6 heteroatoms. The molecule has 0 unspecified atom stereocenters. The number of hydrogen-bond donors (Lipinski definition) is 0. The molecular weight excluding hydrogens is 430 g/mol. The lowest BCUT2D eigenvalue weighted by atomic mass is 10.0. The van der Waals surface area contributed by atoms with Crippen molar-refractivity contribution in [1.82, 2.24) is 13.7 Å². The van der Waals surface area contributed by atoms with Gasteiger partial charge in [0.1, 0.15) is 0 Å². The molecule has 2 amide bonds. The molecule has 1 fully saturated rings. The molecular formula is C27H37N3O2S. The van der Waals surface area contributed by atoms with Crippen molar-refractivity contribution in [2.75, 3.05) is 13.1 Å². The molecule has 33 heavy (non-hydrogen) atoms. The first-order chi connectivity index (χ1) is 15.6. The summed E-state index contributed by atoms with van der Waals surface area (Å²) >= 11 is 1.37. The van der Waals surface area contributed by atoms with Gasteiger partial charge in [0.15, 0.2) is 0 Å². The molecule has 1 aliphatic heterocycles. The summed E-state index contributed by atoms with van der Waals surface area (Å²) < 4.78 is 3.79. The molecule has 0 bridgehead atoms. The number of carbonyl (C=O) groups is 2. The Kier molecular flexibility index (Phi) is 8.24. The summed E-state index contributed by atoms with van der Waals surface area (Å²) in [5.74, 6) is -0.349. The molecule has 2 aromatic carbocycles. The first kappa shape index (κ1) is 25.3. The number of carbonyl (C=O) groups excluding carboxylic acids is 2. The van der Waals surface area contributed by atoms with Gasteiger partial charge in [0.05, 0.1) is 17.7 Å². The van der Waals surface area contributed by atoms with Gasteiger partial charge >= 0.3 is 0 Å². The highest BCUT2D eigenvalue weighted by molar-refractivity contribution is 7.95. The second-order valence-electron chi connectivity index (χ2n) is 9.86. The highest BCUT2D eigenvalue weighted by atomic mass is 32.2. The number of nitrogens with zero attached hydrogens (tertiary/aromatic N) is 3. The summed E-state index contributed by atoms with van der Waals surface area (Å²) in [6.45, 7) is 13.8. The number of amides is 2. The predicted octanol–water partition coefficient (Wildman–Crippen LogP) is 6.21. The van der Waals surface area contributed by atoms with Crippen LogP contribution in [-0.2, 0) is 6.42 Å². The molecule has 0 atom stereocenters. The van der Waals surface area contributed by atoms with E-state index in [4.69, 9.17) is 0 Å². The van der Waals surface area contributed by atoms with Crippen molar-refractivity contribution in [2.45, 2.75) is 72.8 Å². The minimum absolute atomic E-state index is 0.169. The maximum Gasteiger partial charge on any atom is 0.284 e. The van der Waals surface area contributed by atoms with Gasteiger partial charge in [0, 0.05) is 24.2 Å². The van der Waals surface area contributed by atoms with Gasteiger partial charge in [-0.25, -0.2) is 9.31 Å². The third kappa shape index (κ3) is 6.39. The standard InChI is InChI=1S/C27H37N3O2S/c1-7-22-11-13-23(14-12-22)26(32)30(33-28-15-9-8-10-16-28)29(27(4,5)6)25(31)24-18-20(2)17-21(3)19-24/h11-14,17-19H,7-10,15-16H2,1-6H3. The van der Waals surface area contributed by atoms with Crippen LogP contribution in [0.25, 0.3) is 0 Å². The average molecular weight is 468 g/mol. The van der Waals surface area contributed by atoms with E-state index in [9.17, 15) is 9.59 Å². The average Bonchev–Trinajstić information content (AvgIpc) is 2.77. The van der Waals surface area contributed by atoms with Crippen LogP contribution in [0.2, 0.25) is 0 Å². The normalized spacial score (nSPS) is 14.7. The van der Waals surface area contributed by atoms with Crippen LogP contribution in [0.5, 0.6) is 0 Å². The first-order valence-corrected chi connectivity index (χ1v) is 12.6. The molecule has 2 aromatic rings. The molecule has 0 aromatic heterocycles. The molecule has 3 rings (SSSR count). The van der Waals surface area contributed by atoms with Crippen LogP contribution in [0, 0.1) is 13.8 Å². The molecule has 1 aliphatic rings. The van der Waals surface area contributed by atoms with Gasteiger partial charge < -0.3 is 0 Å². The van der Waals surface area contributed by atoms with Crippen LogP contribution >= 0.6 is 12.1 Å². The van der Waals surface area contributed by atoms with E-state index in [1.807, 2.05) is 71.0 Å². The van der Waals surface area contributed by atoms with Crippen molar-refractivity contribution < 1.29 is 9.59 Å². The third-order valence-corrected chi connectivity index (χ3v) is 6.85. The Morgan fingerprint density at radius 2 is 1.45 bits per heavy atom. The number of benzene rings is 2. The Labute approximate surface area is 203 Å². The Balaban J connectivity index is 2.04. The highest BCUT2D eigenvalue weighted by Crippen LogP contribution is 2.31. The second-order valence-corrected chi connectivity index (χ2v) is 10.9. The largest absolute Gasteiger partial charge is 0.284 e. The first-order valence-electron chi connectivity index (χ1n) is 11.9. The van der Waals surface area contributed by atoms with Gasteiger partial charge in [-0.3, -0.25) is 9.59 Å². The van der Waals surface area contributed by atoms with Crippen LogP contribution in [0.15, 0.2) is 42.5 Å². The minimum Gasteiger partial charge on any atom is -0.267 e. The van der Waals surface area contributed by atoms with Crippen molar-refractivity contribution >= 4 is 23.9 Å². The Morgan fingerprint density at radius 3 is 1.97 bits per heavy atom. The quantitative estimate of drug-likeness (QED) is 0.387. The van der Waals surface area contributed by atoms with Crippen LogP contribution in [0.4, 0.5) is 0 Å². The van der Waals surface area contributed by atoms with E-state index < -0.39 is 5.54 Å². The summed E-state index contributed by atoms with van der Waals surface area (Å²) in [5.41, 5.74) is 3.82. The molecule has 0 N–H and O–H groups in total. The fourth-order valence-electron chi connectivity index (χ4n) is 4.09. The lowest BCUT2D eigenvalue weighted by Gasteiger charge is -2.44. The molecule has 0 saturated carbocycles. The predicted molar refractivity (Wildman–Crippen MR) is 137 cm³/mol. The van der Waals surface area contributed by atoms with E-state index in [1.165, 1.54) is 24.1 Å². The highest BCUT2D eigenvalue weighted by Gasteiger charge is 2.38. The van der Waals surface area contributed by atoms with Crippen LogP contribution in [0.3, 0.4) is 0 Å². The van der Waals surface area contributed by atoms with Crippen molar-refractivity contribution in [3.05, 3.63) is 70.3 Å². The van der Waals surface area contributed by atoms with E-state index >= 15 is 0 Å². The van der Waals surface area contributed by atoms with Crippen molar-refractivity contribution in [1.29, 1.82) is 0 Å².